The molecule has 1 fully saturated rings. The van der Waals surface area contributed by atoms with Crippen molar-refractivity contribution in [2.24, 2.45) is 0 Å². The maximum Gasteiger partial charge on any atom is 0.255 e. The Morgan fingerprint density at radius 1 is 1.06 bits per heavy atom. The molecule has 1 amide bonds. The lowest BCUT2D eigenvalue weighted by Crippen LogP contribution is -2.38. The van der Waals surface area contributed by atoms with Crippen molar-refractivity contribution in [1.82, 2.24) is 19.9 Å². The van der Waals surface area contributed by atoms with Crippen molar-refractivity contribution in [3.05, 3.63) is 71.7 Å². The van der Waals surface area contributed by atoms with Gasteiger partial charge in [0.2, 0.25) is 0 Å². The van der Waals surface area contributed by atoms with Crippen molar-refractivity contribution in [3.8, 4) is 21.7 Å². The van der Waals surface area contributed by atoms with Crippen LogP contribution in [0.2, 0.25) is 0 Å². The zero-order valence-electron chi connectivity index (χ0n) is 18.7. The number of aromatic nitrogens is 3. The van der Waals surface area contributed by atoms with Crippen molar-refractivity contribution in [2.45, 2.75) is 6.54 Å². The molecule has 3 heterocycles. The number of nitrogens with one attached hydrogen (secondary N) is 1. The van der Waals surface area contributed by atoms with E-state index in [0.29, 0.717) is 16.9 Å². The molecule has 1 saturated heterocycles. The zero-order valence-corrected chi connectivity index (χ0v) is 19.5. The second-order valence-electron chi connectivity index (χ2n) is 8.14. The lowest BCUT2D eigenvalue weighted by Gasteiger charge is -2.26. The van der Waals surface area contributed by atoms with Gasteiger partial charge in [-0.1, -0.05) is 29.5 Å². The van der Waals surface area contributed by atoms with E-state index in [-0.39, 0.29) is 5.91 Å². The van der Waals surface area contributed by atoms with E-state index in [9.17, 15) is 4.79 Å². The van der Waals surface area contributed by atoms with Gasteiger partial charge in [-0.25, -0.2) is 0 Å². The summed E-state index contributed by atoms with van der Waals surface area (Å²) in [6.45, 7) is 5.11. The molecular weight excluding hydrogens is 448 g/mol. The second-order valence-corrected chi connectivity index (χ2v) is 9.08. The van der Waals surface area contributed by atoms with Crippen LogP contribution in [-0.4, -0.2) is 58.6 Å². The van der Waals surface area contributed by atoms with Gasteiger partial charge in [-0.2, -0.15) is 0 Å². The highest BCUT2D eigenvalue weighted by atomic mass is 32.1. The van der Waals surface area contributed by atoms with Gasteiger partial charge in [0.15, 0.2) is 0 Å². The molecule has 4 aromatic rings. The average Bonchev–Trinajstić information content (AvgIpc) is 3.58. The third kappa shape index (κ3) is 5.17. The molecule has 2 aromatic carbocycles. The van der Waals surface area contributed by atoms with Crippen molar-refractivity contribution < 1.29 is 9.53 Å². The van der Waals surface area contributed by atoms with E-state index in [2.05, 4.69) is 20.5 Å². The van der Waals surface area contributed by atoms with Gasteiger partial charge >= 0.3 is 0 Å². The van der Waals surface area contributed by atoms with Gasteiger partial charge < -0.3 is 15.8 Å². The first-order valence-electron chi connectivity index (χ1n) is 11.2. The monoisotopic (exact) mass is 474 g/mol. The Labute approximate surface area is 202 Å². The van der Waals surface area contributed by atoms with E-state index in [1.807, 2.05) is 64.8 Å². The molecule has 3 N–H and O–H groups in total. The van der Waals surface area contributed by atoms with Crippen molar-refractivity contribution in [3.63, 3.8) is 0 Å². The molecule has 2 aromatic heterocycles. The fraction of sp³-hybridized carbons (Fsp3) is 0.240. The Morgan fingerprint density at radius 2 is 1.94 bits per heavy atom. The molecule has 174 valence electrons. The van der Waals surface area contributed by atoms with Crippen LogP contribution in [-0.2, 0) is 11.3 Å². The maximum atomic E-state index is 13.0. The summed E-state index contributed by atoms with van der Waals surface area (Å²) in [5.41, 5.74) is 10.4. The van der Waals surface area contributed by atoms with Crippen LogP contribution in [0.15, 0.2) is 66.2 Å². The number of amides is 1. The molecule has 1 aliphatic rings. The van der Waals surface area contributed by atoms with E-state index >= 15 is 0 Å². The zero-order chi connectivity index (χ0) is 23.3. The quantitative estimate of drug-likeness (QED) is 0.395. The van der Waals surface area contributed by atoms with Crippen molar-refractivity contribution >= 4 is 28.6 Å². The average molecular weight is 475 g/mol. The van der Waals surface area contributed by atoms with Crippen LogP contribution in [0, 0.1) is 0 Å². The number of morpholine rings is 1. The minimum Gasteiger partial charge on any atom is -0.397 e. The van der Waals surface area contributed by atoms with Crippen LogP contribution < -0.4 is 11.1 Å². The molecule has 0 spiro atoms. The molecule has 0 unspecified atom stereocenters. The number of thiophene rings is 1. The van der Waals surface area contributed by atoms with Gasteiger partial charge in [-0.3, -0.25) is 14.4 Å². The molecule has 1 aliphatic heterocycles. The standard InChI is InChI=1S/C25H26N6O2S/c26-21-7-6-19(24-5-2-14-34-24)16-22(21)27-25(32)20-4-1-3-18(15-20)23-17-31(29-28-23)9-8-30-10-12-33-13-11-30/h1-7,14-17H,8-13,26H2,(H,27,32). The summed E-state index contributed by atoms with van der Waals surface area (Å²) in [6, 6.07) is 17.1. The summed E-state index contributed by atoms with van der Waals surface area (Å²) in [5.74, 6) is -0.225. The van der Waals surface area contributed by atoms with Gasteiger partial charge in [-0.15, -0.1) is 16.4 Å². The topological polar surface area (TPSA) is 98.3 Å². The summed E-state index contributed by atoms with van der Waals surface area (Å²) in [4.78, 5) is 16.5. The minimum absolute atomic E-state index is 0.225. The third-order valence-electron chi connectivity index (χ3n) is 5.82. The smallest absolute Gasteiger partial charge is 0.255 e. The van der Waals surface area contributed by atoms with Gasteiger partial charge in [0.05, 0.1) is 37.3 Å². The highest BCUT2D eigenvalue weighted by Crippen LogP contribution is 2.30. The van der Waals surface area contributed by atoms with Crippen LogP contribution in [0.1, 0.15) is 10.4 Å². The van der Waals surface area contributed by atoms with Crippen LogP contribution >= 0.6 is 11.3 Å². The highest BCUT2D eigenvalue weighted by Gasteiger charge is 2.14. The first-order chi connectivity index (χ1) is 16.7. The first-order valence-corrected chi connectivity index (χ1v) is 12.1. The van der Waals surface area contributed by atoms with E-state index in [1.54, 1.807) is 17.4 Å². The highest BCUT2D eigenvalue weighted by molar-refractivity contribution is 7.13. The fourth-order valence-corrected chi connectivity index (χ4v) is 4.61. The van der Waals surface area contributed by atoms with E-state index in [0.717, 1.165) is 61.1 Å². The number of carbonyl (C=O) groups excluding carboxylic acids is 1. The third-order valence-corrected chi connectivity index (χ3v) is 6.73. The van der Waals surface area contributed by atoms with E-state index < -0.39 is 0 Å². The number of carbonyl (C=O) groups is 1. The van der Waals surface area contributed by atoms with Gasteiger partial charge in [-0.05, 0) is 41.3 Å². The number of nitrogens with two attached hydrogens (primary N) is 1. The summed E-state index contributed by atoms with van der Waals surface area (Å²) in [6.07, 6.45) is 1.92. The Hall–Kier alpha value is -3.53. The number of benzene rings is 2. The fourth-order valence-electron chi connectivity index (χ4n) is 3.88. The molecule has 5 rings (SSSR count). The Balaban J connectivity index is 1.27. The number of hydrogen-bond acceptors (Lipinski definition) is 7. The maximum absolute atomic E-state index is 13.0. The van der Waals surface area contributed by atoms with Gasteiger partial charge in [0.1, 0.15) is 5.69 Å². The molecule has 0 bridgehead atoms. The van der Waals surface area contributed by atoms with Crippen LogP contribution in [0.3, 0.4) is 0 Å². The molecule has 8 nitrogen and oxygen atoms in total. The van der Waals surface area contributed by atoms with Crippen molar-refractivity contribution in [1.29, 1.82) is 0 Å². The number of rotatable bonds is 7. The summed E-state index contributed by atoms with van der Waals surface area (Å²) in [7, 11) is 0. The number of hydrogen-bond donors (Lipinski definition) is 2. The van der Waals surface area contributed by atoms with Crippen LogP contribution in [0.25, 0.3) is 21.7 Å². The summed E-state index contributed by atoms with van der Waals surface area (Å²) in [5, 5.41) is 13.5. The summed E-state index contributed by atoms with van der Waals surface area (Å²) < 4.78 is 7.24. The molecule has 0 aliphatic carbocycles. The predicted molar refractivity (Wildman–Crippen MR) is 135 cm³/mol. The Bertz CT molecular complexity index is 1260. The molecule has 34 heavy (non-hydrogen) atoms. The molecule has 0 radical (unpaired) electrons. The number of nitrogen functional groups attached to an aromatic ring is 1. The number of ether oxygens (including phenoxy) is 1. The molecule has 9 heteroatoms. The number of anilines is 2. The van der Waals surface area contributed by atoms with E-state index in [1.165, 1.54) is 0 Å². The molecular formula is C25H26N6O2S. The van der Waals surface area contributed by atoms with Crippen molar-refractivity contribution in [2.75, 3.05) is 43.9 Å². The minimum atomic E-state index is -0.225. The van der Waals surface area contributed by atoms with Crippen LogP contribution in [0.4, 0.5) is 11.4 Å². The SMILES string of the molecule is Nc1ccc(-c2cccs2)cc1NC(=O)c1cccc(-c2cn(CCN3CCOCC3)nn2)c1. The Kier molecular flexibility index (Phi) is 6.66. The first kappa shape index (κ1) is 22.3. The van der Waals surface area contributed by atoms with Gasteiger partial charge in [0.25, 0.3) is 5.91 Å². The largest absolute Gasteiger partial charge is 0.397 e. The van der Waals surface area contributed by atoms with E-state index in [4.69, 9.17) is 10.5 Å². The Morgan fingerprint density at radius 3 is 2.76 bits per heavy atom. The van der Waals surface area contributed by atoms with Crippen LogP contribution in [0.5, 0.6) is 0 Å². The second kappa shape index (κ2) is 10.2. The normalized spacial score (nSPS) is 14.2. The number of nitrogens with zero attached hydrogens (tertiary/aromatic N) is 4. The molecule has 0 atom stereocenters. The summed E-state index contributed by atoms with van der Waals surface area (Å²) >= 11 is 1.64. The lowest BCUT2D eigenvalue weighted by molar-refractivity contribution is 0.0359. The molecule has 0 saturated carbocycles. The predicted octanol–water partition coefficient (Wildman–Crippen LogP) is 3.84. The van der Waals surface area contributed by atoms with Gasteiger partial charge in [0, 0.05) is 35.6 Å². The lowest BCUT2D eigenvalue weighted by atomic mass is 10.1.